The highest BCUT2D eigenvalue weighted by atomic mass is 79.9. The molecule has 0 spiro atoms. The van der Waals surface area contributed by atoms with E-state index in [1.807, 2.05) is 6.92 Å². The maximum absolute atomic E-state index is 12.1. The van der Waals surface area contributed by atoms with E-state index in [1.165, 1.54) is 0 Å². The molecule has 2 aromatic carbocycles. The molecule has 0 aliphatic heterocycles. The van der Waals surface area contributed by atoms with Crippen LogP contribution in [0, 0.1) is 6.92 Å². The minimum absolute atomic E-state index is 0.131. The number of carbonyl (C=O) groups is 1. The van der Waals surface area contributed by atoms with Crippen molar-refractivity contribution >= 4 is 39.1 Å². The topological polar surface area (TPSA) is 56.8 Å². The monoisotopic (exact) mass is 413 g/mol. The fourth-order valence-corrected chi connectivity index (χ4v) is 2.83. The number of hydrogen-bond acceptors (Lipinski definition) is 4. The average Bonchev–Trinajstić information content (AvgIpc) is 2.55. The van der Waals surface area contributed by atoms with Gasteiger partial charge in [-0.3, -0.25) is 4.79 Å². The van der Waals surface area contributed by atoms with Crippen LogP contribution in [-0.4, -0.2) is 26.7 Å². The third-order valence-electron chi connectivity index (χ3n) is 3.26. The number of hydrogen-bond donors (Lipinski definition) is 1. The molecule has 1 amide bonds. The summed E-state index contributed by atoms with van der Waals surface area (Å²) in [4.78, 5) is 12.1. The van der Waals surface area contributed by atoms with Crippen LogP contribution in [0.5, 0.6) is 17.2 Å². The molecule has 7 heteroatoms. The zero-order valence-electron chi connectivity index (χ0n) is 13.5. The quantitative estimate of drug-likeness (QED) is 0.759. The van der Waals surface area contributed by atoms with E-state index < -0.39 is 0 Å². The molecule has 5 nitrogen and oxygen atoms in total. The predicted molar refractivity (Wildman–Crippen MR) is 97.6 cm³/mol. The van der Waals surface area contributed by atoms with Gasteiger partial charge in [0.25, 0.3) is 5.91 Å². The van der Waals surface area contributed by atoms with Gasteiger partial charge < -0.3 is 19.5 Å². The highest BCUT2D eigenvalue weighted by molar-refractivity contribution is 9.10. The Morgan fingerprint density at radius 3 is 2.42 bits per heavy atom. The normalized spacial score (nSPS) is 10.2. The van der Waals surface area contributed by atoms with Gasteiger partial charge >= 0.3 is 0 Å². The number of methoxy groups -OCH3 is 2. The van der Waals surface area contributed by atoms with Crippen LogP contribution in [0.15, 0.2) is 34.8 Å². The number of amides is 1. The summed E-state index contributed by atoms with van der Waals surface area (Å²) >= 11 is 9.21. The smallest absolute Gasteiger partial charge is 0.262 e. The molecule has 128 valence electrons. The number of carbonyl (C=O) groups excluding carboxylic acids is 1. The zero-order chi connectivity index (χ0) is 17.7. The molecule has 0 aliphatic rings. The van der Waals surface area contributed by atoms with Crippen molar-refractivity contribution in [2.24, 2.45) is 0 Å². The van der Waals surface area contributed by atoms with E-state index in [9.17, 15) is 4.79 Å². The minimum Gasteiger partial charge on any atom is -0.493 e. The molecule has 0 aromatic heterocycles. The Morgan fingerprint density at radius 2 is 1.79 bits per heavy atom. The van der Waals surface area contributed by atoms with E-state index in [0.29, 0.717) is 32.4 Å². The third-order valence-corrected chi connectivity index (χ3v) is 4.11. The molecule has 0 aliphatic carbocycles. The summed E-state index contributed by atoms with van der Waals surface area (Å²) in [5.41, 5.74) is 1.49. The van der Waals surface area contributed by atoms with Crippen LogP contribution in [0.3, 0.4) is 0 Å². The lowest BCUT2D eigenvalue weighted by atomic mass is 10.1. The van der Waals surface area contributed by atoms with E-state index in [-0.39, 0.29) is 12.5 Å². The van der Waals surface area contributed by atoms with Gasteiger partial charge in [-0.2, -0.15) is 0 Å². The number of anilines is 1. The van der Waals surface area contributed by atoms with Crippen LogP contribution in [0.4, 0.5) is 5.69 Å². The lowest BCUT2D eigenvalue weighted by Crippen LogP contribution is -2.20. The van der Waals surface area contributed by atoms with Crippen molar-refractivity contribution in [2.45, 2.75) is 6.92 Å². The number of benzene rings is 2. The van der Waals surface area contributed by atoms with Crippen molar-refractivity contribution in [3.05, 3.63) is 45.4 Å². The molecule has 0 saturated heterocycles. The standard InChI is InChI=1S/C17H17BrClNO4/c1-10-6-15(22-2)16(23-3)8-13(10)20-17(21)9-24-14-5-4-11(19)7-12(14)18/h4-8H,9H2,1-3H3,(H,20,21). The van der Waals surface area contributed by atoms with Gasteiger partial charge in [0.15, 0.2) is 18.1 Å². The van der Waals surface area contributed by atoms with Crippen LogP contribution in [-0.2, 0) is 4.79 Å². The predicted octanol–water partition coefficient (Wildman–Crippen LogP) is 4.45. The van der Waals surface area contributed by atoms with E-state index in [2.05, 4.69) is 21.2 Å². The molecule has 0 radical (unpaired) electrons. The second-order valence-electron chi connectivity index (χ2n) is 4.93. The number of halogens is 2. The molecule has 0 bridgehead atoms. The molecular formula is C17H17BrClNO4. The minimum atomic E-state index is -0.285. The first-order chi connectivity index (χ1) is 11.4. The highest BCUT2D eigenvalue weighted by Gasteiger charge is 2.12. The fraction of sp³-hybridized carbons (Fsp3) is 0.235. The number of aryl methyl sites for hydroxylation is 1. The van der Waals surface area contributed by atoms with Crippen LogP contribution in [0.25, 0.3) is 0 Å². The van der Waals surface area contributed by atoms with Gasteiger partial charge in [-0.05, 0) is 52.7 Å². The summed E-state index contributed by atoms with van der Waals surface area (Å²) in [7, 11) is 3.10. The first kappa shape index (κ1) is 18.4. The maximum atomic E-state index is 12.1. The Bertz CT molecular complexity index is 752. The lowest BCUT2D eigenvalue weighted by Gasteiger charge is -2.14. The van der Waals surface area contributed by atoms with E-state index >= 15 is 0 Å². The second-order valence-corrected chi connectivity index (χ2v) is 6.22. The highest BCUT2D eigenvalue weighted by Crippen LogP contribution is 2.33. The number of rotatable bonds is 6. The van der Waals surface area contributed by atoms with E-state index in [0.717, 1.165) is 5.56 Å². The molecule has 1 N–H and O–H groups in total. The lowest BCUT2D eigenvalue weighted by molar-refractivity contribution is -0.118. The summed E-state index contributed by atoms with van der Waals surface area (Å²) in [5, 5.41) is 3.38. The molecule has 24 heavy (non-hydrogen) atoms. The molecule has 0 unspecified atom stereocenters. The Labute approximate surface area is 154 Å². The second kappa shape index (κ2) is 8.26. The molecular weight excluding hydrogens is 398 g/mol. The van der Waals surface area contributed by atoms with Gasteiger partial charge in [0, 0.05) is 16.8 Å². The Kier molecular flexibility index (Phi) is 6.34. The maximum Gasteiger partial charge on any atom is 0.262 e. The molecule has 2 rings (SSSR count). The first-order valence-electron chi connectivity index (χ1n) is 7.05. The summed E-state index contributed by atoms with van der Waals surface area (Å²) in [5.74, 6) is 1.40. The van der Waals surface area contributed by atoms with Crippen molar-refractivity contribution in [2.75, 3.05) is 26.1 Å². The van der Waals surface area contributed by atoms with Crippen molar-refractivity contribution in [1.29, 1.82) is 0 Å². The Hall–Kier alpha value is -1.92. The van der Waals surface area contributed by atoms with Crippen molar-refractivity contribution in [3.63, 3.8) is 0 Å². The molecule has 2 aromatic rings. The van der Waals surface area contributed by atoms with Crippen LogP contribution >= 0.6 is 27.5 Å². The largest absolute Gasteiger partial charge is 0.493 e. The summed E-state index contributed by atoms with van der Waals surface area (Å²) < 4.78 is 16.6. The van der Waals surface area contributed by atoms with E-state index in [1.54, 1.807) is 44.6 Å². The summed E-state index contributed by atoms with van der Waals surface area (Å²) in [6, 6.07) is 8.60. The van der Waals surface area contributed by atoms with Crippen LogP contribution < -0.4 is 19.5 Å². The van der Waals surface area contributed by atoms with Gasteiger partial charge in [0.2, 0.25) is 0 Å². The Balaban J connectivity index is 2.04. The fourth-order valence-electron chi connectivity index (χ4n) is 2.04. The average molecular weight is 415 g/mol. The van der Waals surface area contributed by atoms with Crippen molar-refractivity contribution in [3.8, 4) is 17.2 Å². The first-order valence-corrected chi connectivity index (χ1v) is 8.22. The number of nitrogens with one attached hydrogen (secondary N) is 1. The van der Waals surface area contributed by atoms with Gasteiger partial charge in [0.05, 0.1) is 18.7 Å². The summed E-state index contributed by atoms with van der Waals surface area (Å²) in [6.45, 7) is 1.74. The van der Waals surface area contributed by atoms with Crippen molar-refractivity contribution in [1.82, 2.24) is 0 Å². The summed E-state index contributed by atoms with van der Waals surface area (Å²) in [6.07, 6.45) is 0. The van der Waals surface area contributed by atoms with Gasteiger partial charge in [-0.1, -0.05) is 11.6 Å². The SMILES string of the molecule is COc1cc(C)c(NC(=O)COc2ccc(Cl)cc2Br)cc1OC. The van der Waals surface area contributed by atoms with Crippen LogP contribution in [0.2, 0.25) is 5.02 Å². The zero-order valence-corrected chi connectivity index (χ0v) is 15.8. The number of ether oxygens (including phenoxy) is 3. The molecule has 0 heterocycles. The van der Waals surface area contributed by atoms with Gasteiger partial charge in [-0.15, -0.1) is 0 Å². The van der Waals surface area contributed by atoms with Gasteiger partial charge in [-0.25, -0.2) is 0 Å². The Morgan fingerprint density at radius 1 is 1.12 bits per heavy atom. The van der Waals surface area contributed by atoms with Crippen molar-refractivity contribution < 1.29 is 19.0 Å². The van der Waals surface area contributed by atoms with Crippen LogP contribution in [0.1, 0.15) is 5.56 Å². The van der Waals surface area contributed by atoms with E-state index in [4.69, 9.17) is 25.8 Å². The third kappa shape index (κ3) is 4.55. The molecule has 0 fully saturated rings. The molecule has 0 saturated carbocycles. The van der Waals surface area contributed by atoms with Gasteiger partial charge in [0.1, 0.15) is 5.75 Å². The molecule has 0 atom stereocenters.